The Bertz CT molecular complexity index is 1160. The van der Waals surface area contributed by atoms with E-state index >= 15 is 0 Å². The molecule has 162 valence electrons. The molecule has 1 aliphatic carbocycles. The molecule has 32 heavy (non-hydrogen) atoms. The Kier molecular flexibility index (Phi) is 7.05. The van der Waals surface area contributed by atoms with Gasteiger partial charge in [0.2, 0.25) is 5.95 Å². The van der Waals surface area contributed by atoms with Gasteiger partial charge in [0.1, 0.15) is 11.6 Å². The van der Waals surface area contributed by atoms with Gasteiger partial charge in [-0.3, -0.25) is 9.78 Å². The van der Waals surface area contributed by atoms with Crippen molar-refractivity contribution in [2.45, 2.75) is 44.8 Å². The van der Waals surface area contributed by atoms with E-state index < -0.39 is 5.56 Å². The average Bonchev–Trinajstić information content (AvgIpc) is 2.84. The van der Waals surface area contributed by atoms with Crippen molar-refractivity contribution in [3.8, 4) is 17.3 Å². The van der Waals surface area contributed by atoms with E-state index in [0.29, 0.717) is 24.0 Å². The van der Waals surface area contributed by atoms with Crippen LogP contribution in [0.25, 0.3) is 11.3 Å². The fourth-order valence-electron chi connectivity index (χ4n) is 3.75. The summed E-state index contributed by atoms with van der Waals surface area (Å²) in [6.07, 6.45) is 8.20. The van der Waals surface area contributed by atoms with E-state index in [2.05, 4.69) is 20.5 Å². The highest BCUT2D eigenvalue weighted by molar-refractivity contribution is 5.80. The highest BCUT2D eigenvalue weighted by atomic mass is 16.5. The average molecular weight is 428 g/mol. The lowest BCUT2D eigenvalue weighted by Crippen LogP contribution is -2.16. The number of ether oxygens (including phenoxy) is 1. The summed E-state index contributed by atoms with van der Waals surface area (Å²) in [5.41, 5.74) is 5.24. The van der Waals surface area contributed by atoms with Crippen molar-refractivity contribution in [2.75, 3.05) is 5.43 Å². The number of benzene rings is 2. The maximum atomic E-state index is 12.3. The van der Waals surface area contributed by atoms with Gasteiger partial charge in [0.15, 0.2) is 0 Å². The number of rotatable bonds is 7. The lowest BCUT2D eigenvalue weighted by Gasteiger charge is -2.22. The summed E-state index contributed by atoms with van der Waals surface area (Å²) < 4.78 is 6.01. The minimum atomic E-state index is -0.513. The maximum Gasteiger partial charge on any atom is 0.270 e. The van der Waals surface area contributed by atoms with Crippen LogP contribution in [0.15, 0.2) is 64.5 Å². The van der Waals surface area contributed by atoms with Crippen LogP contribution in [0.1, 0.15) is 48.8 Å². The molecular weight excluding hydrogens is 402 g/mol. The van der Waals surface area contributed by atoms with Crippen LogP contribution in [-0.2, 0) is 11.3 Å². The molecule has 1 fully saturated rings. The highest BCUT2D eigenvalue weighted by Crippen LogP contribution is 2.22. The molecular formula is C25H25N5O2. The van der Waals surface area contributed by atoms with Crippen molar-refractivity contribution >= 4 is 12.2 Å². The van der Waals surface area contributed by atoms with Crippen LogP contribution in [0.3, 0.4) is 0 Å². The molecule has 0 aliphatic heterocycles. The molecule has 4 rings (SSSR count). The molecule has 0 saturated heterocycles. The predicted molar refractivity (Wildman–Crippen MR) is 124 cm³/mol. The van der Waals surface area contributed by atoms with E-state index in [9.17, 15) is 10.1 Å². The molecule has 0 spiro atoms. The molecule has 0 unspecified atom stereocenters. The Balaban J connectivity index is 1.40. The predicted octanol–water partition coefficient (Wildman–Crippen LogP) is 4.60. The molecule has 0 radical (unpaired) electrons. The normalized spacial score (nSPS) is 14.3. The van der Waals surface area contributed by atoms with Crippen molar-refractivity contribution in [2.24, 2.45) is 5.10 Å². The molecule has 1 aliphatic rings. The van der Waals surface area contributed by atoms with Gasteiger partial charge in [-0.1, -0.05) is 73.9 Å². The van der Waals surface area contributed by atoms with Gasteiger partial charge in [-0.15, -0.1) is 0 Å². The molecule has 3 aromatic rings. The first-order valence-electron chi connectivity index (χ1n) is 10.8. The smallest absolute Gasteiger partial charge is 0.270 e. The van der Waals surface area contributed by atoms with Crippen LogP contribution in [0.5, 0.6) is 0 Å². The molecule has 1 heterocycles. The molecule has 2 N–H and O–H groups in total. The topological polar surface area (TPSA) is 103 Å². The van der Waals surface area contributed by atoms with Crippen molar-refractivity contribution in [1.29, 1.82) is 5.26 Å². The van der Waals surface area contributed by atoms with Crippen molar-refractivity contribution in [3.05, 3.63) is 81.6 Å². The summed E-state index contributed by atoms with van der Waals surface area (Å²) >= 11 is 0. The zero-order valence-electron chi connectivity index (χ0n) is 17.8. The van der Waals surface area contributed by atoms with Gasteiger partial charge in [0.05, 0.1) is 24.6 Å². The summed E-state index contributed by atoms with van der Waals surface area (Å²) in [5, 5.41) is 13.5. The molecule has 1 saturated carbocycles. The van der Waals surface area contributed by atoms with Crippen LogP contribution in [0.2, 0.25) is 0 Å². The van der Waals surface area contributed by atoms with Gasteiger partial charge in [-0.05, 0) is 24.0 Å². The molecule has 0 atom stereocenters. The number of anilines is 1. The number of hydrogen-bond acceptors (Lipinski definition) is 6. The second-order valence-electron chi connectivity index (χ2n) is 7.80. The lowest BCUT2D eigenvalue weighted by atomic mass is 9.98. The summed E-state index contributed by atoms with van der Waals surface area (Å²) in [4.78, 5) is 19.2. The first-order valence-corrected chi connectivity index (χ1v) is 10.8. The van der Waals surface area contributed by atoms with Crippen LogP contribution >= 0.6 is 0 Å². The van der Waals surface area contributed by atoms with E-state index in [0.717, 1.165) is 24.0 Å². The zero-order valence-corrected chi connectivity index (χ0v) is 17.8. The fourth-order valence-corrected chi connectivity index (χ4v) is 3.75. The number of H-pyrrole nitrogens is 1. The van der Waals surface area contributed by atoms with E-state index in [1.807, 2.05) is 48.5 Å². The van der Waals surface area contributed by atoms with E-state index in [1.54, 1.807) is 18.3 Å². The lowest BCUT2D eigenvalue weighted by molar-refractivity contribution is 0.0169. The number of nitriles is 1. The molecule has 1 aromatic heterocycles. The Morgan fingerprint density at radius 1 is 1.12 bits per heavy atom. The maximum absolute atomic E-state index is 12.3. The standard InChI is InChI=1S/C25H25N5O2/c26-15-22-23(20-7-3-1-4-8-20)28-25(29-24(22)31)30-27-16-18-11-13-19(14-12-18)17-32-21-9-5-2-6-10-21/h1,3-4,7-8,11-14,16,21H,2,5-6,9-10,17H2,(H2,28,29,30,31). The third-order valence-electron chi connectivity index (χ3n) is 5.48. The summed E-state index contributed by atoms with van der Waals surface area (Å²) in [5.74, 6) is 0.168. The number of aromatic amines is 1. The molecule has 0 bridgehead atoms. The summed E-state index contributed by atoms with van der Waals surface area (Å²) in [7, 11) is 0. The monoisotopic (exact) mass is 427 g/mol. The number of aromatic nitrogens is 2. The minimum absolute atomic E-state index is 0.0308. The van der Waals surface area contributed by atoms with Gasteiger partial charge in [-0.25, -0.2) is 10.4 Å². The molecule has 7 heteroatoms. The SMILES string of the molecule is N#Cc1c(-c2ccccc2)nc(NN=Cc2ccc(COC3CCCCC3)cc2)[nH]c1=O. The Hall–Kier alpha value is -3.76. The summed E-state index contributed by atoms with van der Waals surface area (Å²) in [6, 6.07) is 19.0. The molecule has 7 nitrogen and oxygen atoms in total. The Morgan fingerprint density at radius 3 is 2.59 bits per heavy atom. The van der Waals surface area contributed by atoms with Gasteiger partial charge in [-0.2, -0.15) is 10.4 Å². The van der Waals surface area contributed by atoms with E-state index in [-0.39, 0.29) is 11.5 Å². The van der Waals surface area contributed by atoms with Crippen LogP contribution < -0.4 is 11.0 Å². The van der Waals surface area contributed by atoms with Crippen molar-refractivity contribution < 1.29 is 4.74 Å². The number of nitrogens with zero attached hydrogens (tertiary/aromatic N) is 3. The second-order valence-corrected chi connectivity index (χ2v) is 7.80. The quantitative estimate of drug-likeness (QED) is 0.424. The third-order valence-corrected chi connectivity index (χ3v) is 5.48. The number of hydrazone groups is 1. The summed E-state index contributed by atoms with van der Waals surface area (Å²) in [6.45, 7) is 0.624. The fraction of sp³-hybridized carbons (Fsp3) is 0.280. The highest BCUT2D eigenvalue weighted by Gasteiger charge is 2.14. The van der Waals surface area contributed by atoms with Crippen LogP contribution in [-0.4, -0.2) is 22.3 Å². The van der Waals surface area contributed by atoms with Crippen LogP contribution in [0.4, 0.5) is 5.95 Å². The minimum Gasteiger partial charge on any atom is -0.374 e. The first kappa shape index (κ1) is 21.5. The van der Waals surface area contributed by atoms with E-state index in [4.69, 9.17) is 4.74 Å². The molecule has 2 aromatic carbocycles. The second kappa shape index (κ2) is 10.5. The largest absolute Gasteiger partial charge is 0.374 e. The van der Waals surface area contributed by atoms with Gasteiger partial charge in [0.25, 0.3) is 5.56 Å². The van der Waals surface area contributed by atoms with Gasteiger partial charge in [0, 0.05) is 5.56 Å². The molecule has 0 amide bonds. The van der Waals surface area contributed by atoms with Gasteiger partial charge < -0.3 is 4.74 Å². The number of hydrogen-bond donors (Lipinski definition) is 2. The zero-order chi connectivity index (χ0) is 22.2. The van der Waals surface area contributed by atoms with Crippen LogP contribution in [0, 0.1) is 11.3 Å². The van der Waals surface area contributed by atoms with Gasteiger partial charge >= 0.3 is 0 Å². The Morgan fingerprint density at radius 2 is 1.88 bits per heavy atom. The van der Waals surface area contributed by atoms with Crippen molar-refractivity contribution in [3.63, 3.8) is 0 Å². The third kappa shape index (κ3) is 5.48. The number of nitrogens with one attached hydrogen (secondary N) is 2. The first-order chi connectivity index (χ1) is 15.7. The van der Waals surface area contributed by atoms with Crippen molar-refractivity contribution in [1.82, 2.24) is 9.97 Å². The Labute approximate surface area is 186 Å². The van der Waals surface area contributed by atoms with E-state index in [1.165, 1.54) is 19.3 Å².